The smallest absolute Gasteiger partial charge is 0.273 e. The number of anilines is 2. The first-order valence-corrected chi connectivity index (χ1v) is 10.4. The van der Waals surface area contributed by atoms with Gasteiger partial charge in [-0.05, 0) is 49.4 Å². The highest BCUT2D eigenvalue weighted by Crippen LogP contribution is 2.22. The van der Waals surface area contributed by atoms with E-state index in [-0.39, 0.29) is 11.6 Å². The van der Waals surface area contributed by atoms with Crippen molar-refractivity contribution in [2.24, 2.45) is 0 Å². The van der Waals surface area contributed by atoms with E-state index in [4.69, 9.17) is 16.3 Å². The van der Waals surface area contributed by atoms with E-state index < -0.39 is 0 Å². The summed E-state index contributed by atoms with van der Waals surface area (Å²) < 4.78 is 5.36. The number of ether oxygens (including phenoxy) is 1. The largest absolute Gasteiger partial charge is 0.379 e. The summed E-state index contributed by atoms with van der Waals surface area (Å²) in [6.07, 6.45) is 0.868. The van der Waals surface area contributed by atoms with E-state index in [0.29, 0.717) is 22.9 Å². The third-order valence-electron chi connectivity index (χ3n) is 4.93. The quantitative estimate of drug-likeness (QED) is 0.564. The average Bonchev–Trinajstić information content (AvgIpc) is 2.78. The van der Waals surface area contributed by atoms with Crippen LogP contribution < -0.4 is 10.6 Å². The number of carbonyl (C=O) groups is 1. The van der Waals surface area contributed by atoms with Gasteiger partial charge in [-0.2, -0.15) is 0 Å². The normalized spacial score (nSPS) is 14.6. The van der Waals surface area contributed by atoms with Gasteiger partial charge in [-0.15, -0.1) is 0 Å². The number of halogens is 1. The zero-order valence-corrected chi connectivity index (χ0v) is 17.4. The molecule has 7 nitrogen and oxygen atoms in total. The Bertz CT molecular complexity index is 1010. The van der Waals surface area contributed by atoms with E-state index >= 15 is 0 Å². The second-order valence-electron chi connectivity index (χ2n) is 7.10. The number of nitrogens with one attached hydrogen (secondary N) is 2. The summed E-state index contributed by atoms with van der Waals surface area (Å²) in [5.74, 6) is 0.174. The molecule has 30 heavy (non-hydrogen) atoms. The van der Waals surface area contributed by atoms with Gasteiger partial charge in [0.2, 0.25) is 0 Å². The van der Waals surface area contributed by atoms with Gasteiger partial charge in [0.1, 0.15) is 0 Å². The minimum atomic E-state index is -0.244. The first-order chi connectivity index (χ1) is 14.7. The van der Waals surface area contributed by atoms with Crippen molar-refractivity contribution in [1.82, 2.24) is 20.2 Å². The number of amides is 1. The van der Waals surface area contributed by atoms with Crippen molar-refractivity contribution in [3.8, 4) is 0 Å². The maximum Gasteiger partial charge on any atom is 0.273 e. The molecule has 0 saturated carbocycles. The zero-order valence-electron chi connectivity index (χ0n) is 16.6. The molecule has 3 aromatic rings. The lowest BCUT2D eigenvalue weighted by atomic mass is 10.2. The van der Waals surface area contributed by atoms with Crippen molar-refractivity contribution in [1.29, 1.82) is 0 Å². The van der Waals surface area contributed by atoms with Crippen LogP contribution in [0.3, 0.4) is 0 Å². The Balaban J connectivity index is 1.47. The van der Waals surface area contributed by atoms with Crippen LogP contribution in [0.2, 0.25) is 5.02 Å². The van der Waals surface area contributed by atoms with E-state index in [0.717, 1.165) is 50.5 Å². The van der Waals surface area contributed by atoms with E-state index in [9.17, 15) is 4.79 Å². The zero-order chi connectivity index (χ0) is 20.8. The average molecular weight is 426 g/mol. The molecule has 1 amide bonds. The van der Waals surface area contributed by atoms with Crippen LogP contribution in [-0.2, 0) is 4.74 Å². The van der Waals surface area contributed by atoms with Gasteiger partial charge < -0.3 is 15.4 Å². The van der Waals surface area contributed by atoms with Crippen molar-refractivity contribution in [2.45, 2.75) is 6.42 Å². The molecule has 1 aliphatic rings. The van der Waals surface area contributed by atoms with Gasteiger partial charge in [0, 0.05) is 30.3 Å². The number of rotatable bonds is 7. The summed E-state index contributed by atoms with van der Waals surface area (Å²) >= 11 is 5.97. The predicted octanol–water partition coefficient (Wildman–Crippen LogP) is 3.48. The molecule has 1 aromatic heterocycles. The van der Waals surface area contributed by atoms with Gasteiger partial charge in [-0.1, -0.05) is 23.7 Å². The lowest BCUT2D eigenvalue weighted by molar-refractivity contribution is 0.0374. The summed E-state index contributed by atoms with van der Waals surface area (Å²) in [6, 6.07) is 14.7. The van der Waals surface area contributed by atoms with Crippen molar-refractivity contribution < 1.29 is 9.53 Å². The van der Waals surface area contributed by atoms with Crippen LogP contribution in [-0.4, -0.2) is 60.2 Å². The molecule has 1 saturated heterocycles. The third-order valence-corrected chi connectivity index (χ3v) is 5.18. The van der Waals surface area contributed by atoms with Crippen molar-refractivity contribution >= 4 is 40.0 Å². The van der Waals surface area contributed by atoms with Crippen LogP contribution in [0.15, 0.2) is 48.5 Å². The molecule has 0 unspecified atom stereocenters. The standard InChI is InChI=1S/C22H24ClN5O2/c23-16-6-8-17(9-7-16)25-21-20(26-18-4-1-2-5-19(18)27-21)22(29)24-10-3-11-28-12-14-30-15-13-28/h1-2,4-9H,3,10-15H2,(H,24,29)(H,25,27). The molecule has 0 aliphatic carbocycles. The molecule has 4 rings (SSSR count). The molecule has 156 valence electrons. The molecule has 2 heterocycles. The molecule has 0 spiro atoms. The van der Waals surface area contributed by atoms with E-state index in [1.165, 1.54) is 0 Å². The van der Waals surface area contributed by atoms with Crippen LogP contribution in [0.5, 0.6) is 0 Å². The molecule has 0 radical (unpaired) electrons. The fraction of sp³-hybridized carbons (Fsp3) is 0.318. The highest BCUT2D eigenvalue weighted by molar-refractivity contribution is 6.30. The Morgan fingerprint density at radius 1 is 1.03 bits per heavy atom. The van der Waals surface area contributed by atoms with Gasteiger partial charge in [0.05, 0.1) is 24.2 Å². The number of carbonyl (C=O) groups excluding carboxylic acids is 1. The lowest BCUT2D eigenvalue weighted by Crippen LogP contribution is -2.38. The number of nitrogens with zero attached hydrogens (tertiary/aromatic N) is 3. The number of hydrogen-bond donors (Lipinski definition) is 2. The van der Waals surface area contributed by atoms with Crippen molar-refractivity contribution in [2.75, 3.05) is 44.7 Å². The van der Waals surface area contributed by atoms with Gasteiger partial charge in [0.25, 0.3) is 5.91 Å². The summed E-state index contributed by atoms with van der Waals surface area (Å²) in [5.41, 5.74) is 2.45. The molecule has 0 bridgehead atoms. The minimum Gasteiger partial charge on any atom is -0.379 e. The number of morpholine rings is 1. The van der Waals surface area contributed by atoms with Crippen LogP contribution in [0.4, 0.5) is 11.5 Å². The number of benzene rings is 2. The Morgan fingerprint density at radius 2 is 1.73 bits per heavy atom. The highest BCUT2D eigenvalue weighted by Gasteiger charge is 2.17. The Morgan fingerprint density at radius 3 is 2.47 bits per heavy atom. The molecule has 2 aromatic carbocycles. The SMILES string of the molecule is O=C(NCCCN1CCOCC1)c1nc2ccccc2nc1Nc1ccc(Cl)cc1. The van der Waals surface area contributed by atoms with Gasteiger partial charge in [-0.3, -0.25) is 9.69 Å². The lowest BCUT2D eigenvalue weighted by Gasteiger charge is -2.26. The molecular weight excluding hydrogens is 402 g/mol. The van der Waals surface area contributed by atoms with Crippen molar-refractivity contribution in [3.63, 3.8) is 0 Å². The Hall–Kier alpha value is -2.74. The first kappa shape index (κ1) is 20.5. The molecule has 8 heteroatoms. The maximum absolute atomic E-state index is 12.9. The van der Waals surface area contributed by atoms with E-state index in [1.54, 1.807) is 12.1 Å². The monoisotopic (exact) mass is 425 g/mol. The number of fused-ring (bicyclic) bond motifs is 1. The van der Waals surface area contributed by atoms with Gasteiger partial charge in [0.15, 0.2) is 11.5 Å². The molecular formula is C22H24ClN5O2. The predicted molar refractivity (Wildman–Crippen MR) is 118 cm³/mol. The number of para-hydroxylation sites is 2. The number of aromatic nitrogens is 2. The second-order valence-corrected chi connectivity index (χ2v) is 7.54. The third kappa shape index (κ3) is 5.24. The van der Waals surface area contributed by atoms with Gasteiger partial charge >= 0.3 is 0 Å². The molecule has 1 aliphatic heterocycles. The van der Waals surface area contributed by atoms with E-state index in [2.05, 4.69) is 25.5 Å². The topological polar surface area (TPSA) is 79.4 Å². The minimum absolute atomic E-state index is 0.244. The van der Waals surface area contributed by atoms with Crippen LogP contribution in [0.25, 0.3) is 11.0 Å². The van der Waals surface area contributed by atoms with Crippen LogP contribution in [0, 0.1) is 0 Å². The first-order valence-electron chi connectivity index (χ1n) is 10.1. The Labute approximate surface area is 180 Å². The van der Waals surface area contributed by atoms with Crippen molar-refractivity contribution in [3.05, 3.63) is 59.2 Å². The molecule has 1 fully saturated rings. The highest BCUT2D eigenvalue weighted by atomic mass is 35.5. The number of hydrogen-bond acceptors (Lipinski definition) is 6. The molecule has 0 atom stereocenters. The van der Waals surface area contributed by atoms with Gasteiger partial charge in [-0.25, -0.2) is 9.97 Å². The summed E-state index contributed by atoms with van der Waals surface area (Å²) in [6.45, 7) is 4.95. The summed E-state index contributed by atoms with van der Waals surface area (Å²) in [7, 11) is 0. The summed E-state index contributed by atoms with van der Waals surface area (Å²) in [4.78, 5) is 24.4. The van der Waals surface area contributed by atoms with E-state index in [1.807, 2.05) is 36.4 Å². The van der Waals surface area contributed by atoms with Crippen LogP contribution >= 0.6 is 11.6 Å². The second kappa shape index (κ2) is 9.84. The summed E-state index contributed by atoms with van der Waals surface area (Å²) in [5, 5.41) is 6.82. The maximum atomic E-state index is 12.9. The fourth-order valence-electron chi connectivity index (χ4n) is 3.33. The molecule has 2 N–H and O–H groups in total. The van der Waals surface area contributed by atoms with Crippen LogP contribution in [0.1, 0.15) is 16.9 Å². The Kier molecular flexibility index (Phi) is 6.74. The fourth-order valence-corrected chi connectivity index (χ4v) is 3.45.